The molecule has 0 aromatic heterocycles. The van der Waals surface area contributed by atoms with Crippen LogP contribution in [0.3, 0.4) is 0 Å². The largest absolute Gasteiger partial charge is 0.0777 e. The Bertz CT molecular complexity index is 19.7. The van der Waals surface area contributed by atoms with Gasteiger partial charge in [0.15, 0.2) is 0 Å². The topological polar surface area (TPSA) is 0 Å². The summed E-state index contributed by atoms with van der Waals surface area (Å²) in [4.78, 5) is 0. The summed E-state index contributed by atoms with van der Waals surface area (Å²) in [7, 11) is 1.31. The molecule has 0 nitrogen and oxygen atoms in total. The van der Waals surface area contributed by atoms with E-state index >= 15 is 0 Å². The van der Waals surface area contributed by atoms with Crippen LogP contribution in [0, 0.1) is 0 Å². The van der Waals surface area contributed by atoms with Gasteiger partial charge in [0.2, 0.25) is 0 Å². The molecule has 0 N–H and O–H groups in total. The second kappa shape index (κ2) is 61.4. The van der Waals surface area contributed by atoms with Crippen molar-refractivity contribution in [3.63, 3.8) is 0 Å². The zero-order valence-electron chi connectivity index (χ0n) is 3.89. The second-order valence-electron chi connectivity index (χ2n) is 0. The first-order valence-electron chi connectivity index (χ1n) is 1.00. The van der Waals surface area contributed by atoms with Crippen LogP contribution in [-0.2, 0) is 93.1 Å². The molecule has 0 saturated heterocycles. The Hall–Kier alpha value is 3.14. The molecule has 0 fully saturated rings. The normalized spacial score (nSPS) is 1.29. The van der Waals surface area contributed by atoms with E-state index < -0.39 is 0 Å². The van der Waals surface area contributed by atoms with Gasteiger partial charge in [-0.15, -0.1) is 0 Å². The van der Waals surface area contributed by atoms with Crippen LogP contribution in [0.15, 0.2) is 0 Å². The molecule has 0 heterocycles. The van der Waals surface area contributed by atoms with Crippen LogP contribution in [-0.4, -0.2) is 10.2 Å². The molecule has 0 unspecified atom stereocenters. The van der Waals surface area contributed by atoms with Gasteiger partial charge in [0, 0.05) is 93.1 Å². The third-order valence-electron chi connectivity index (χ3n) is 0. The van der Waals surface area contributed by atoms with E-state index in [9.17, 15) is 0 Å². The Morgan fingerprint density at radius 3 is 1.14 bits per heavy atom. The Kier molecular flexibility index (Phi) is 434. The zero-order chi connectivity index (χ0) is 2.00. The Morgan fingerprint density at radius 2 is 1.14 bits per heavy atom. The second-order valence-corrected chi connectivity index (χ2v) is 0. The van der Waals surface area contributed by atoms with Gasteiger partial charge in [-0.25, -0.2) is 0 Å². The summed E-state index contributed by atoms with van der Waals surface area (Å²) in [6.07, 6.45) is 0. The molecule has 50 valence electrons. The van der Waals surface area contributed by atoms with Crippen molar-refractivity contribution in [3.8, 4) is 0 Å². The smallest absolute Gasteiger partial charge is 0 e. The summed E-state index contributed by atoms with van der Waals surface area (Å²) in [5, 5.41) is 0. The fourth-order valence-electron chi connectivity index (χ4n) is 0. The van der Waals surface area contributed by atoms with E-state index in [2.05, 4.69) is 6.55 Å². The summed E-state index contributed by atoms with van der Waals surface area (Å²) < 4.78 is 0. The third kappa shape index (κ3) is 47.3. The van der Waals surface area contributed by atoms with E-state index in [-0.39, 0.29) is 93.1 Å². The minimum atomic E-state index is 0. The van der Waals surface area contributed by atoms with Gasteiger partial charge in [0.25, 0.3) is 0 Å². The Balaban J connectivity index is -0.000000000500. The molecular weight excluding hydrogens is 486 g/mol. The van der Waals surface area contributed by atoms with E-state index in [1.165, 1.54) is 10.2 Å². The molecule has 0 atom stereocenters. The quantitative estimate of drug-likeness (QED) is 0.396. The van der Waals surface area contributed by atoms with Crippen LogP contribution in [0.4, 0.5) is 0 Å². The standard InChI is InChI=1S/CH6Si.Cr.Fe.Mo.Ni.W/c1-2;;;;;/h1-2H3;;;;;. The van der Waals surface area contributed by atoms with Gasteiger partial charge in [0.05, 0.1) is 0 Å². The van der Waals surface area contributed by atoms with Crippen LogP contribution in [0.25, 0.3) is 0 Å². The molecule has 0 radical (unpaired) electrons. The fraction of sp³-hybridized carbons (Fsp3) is 1.00. The number of rotatable bonds is 0. The molecule has 0 aromatic carbocycles. The van der Waals surface area contributed by atoms with Gasteiger partial charge in [-0.2, -0.15) is 0 Å². The molecule has 0 saturated carbocycles. The molecule has 0 aliphatic rings. The summed E-state index contributed by atoms with van der Waals surface area (Å²) in [6.45, 7) is 2.14. The molecule has 0 rings (SSSR count). The van der Waals surface area contributed by atoms with Gasteiger partial charge in [-0.05, 0) is 10.2 Å². The average Bonchev–Trinajstić information content (AvgIpc) is 1.00. The van der Waals surface area contributed by atoms with Crippen molar-refractivity contribution in [2.45, 2.75) is 6.55 Å². The van der Waals surface area contributed by atoms with Crippen LogP contribution < -0.4 is 0 Å². The Morgan fingerprint density at radius 1 is 1.14 bits per heavy atom. The van der Waals surface area contributed by atoms with Crippen molar-refractivity contribution >= 4 is 10.2 Å². The predicted molar refractivity (Wildman–Crippen MR) is 15.8 cm³/mol. The molecule has 0 aromatic rings. The molecule has 6 heteroatoms. The fourth-order valence-corrected chi connectivity index (χ4v) is 0. The monoisotopic (exact) mass is 494 g/mol. The van der Waals surface area contributed by atoms with E-state index in [0.717, 1.165) is 0 Å². The van der Waals surface area contributed by atoms with Gasteiger partial charge in [0.1, 0.15) is 0 Å². The molecule has 7 heavy (non-hydrogen) atoms. The van der Waals surface area contributed by atoms with E-state index in [1.54, 1.807) is 0 Å². The minimum Gasteiger partial charge on any atom is -0.0777 e. The van der Waals surface area contributed by atoms with Crippen molar-refractivity contribution in [3.05, 3.63) is 0 Å². The van der Waals surface area contributed by atoms with Crippen molar-refractivity contribution in [2.75, 3.05) is 0 Å². The summed E-state index contributed by atoms with van der Waals surface area (Å²) >= 11 is 0. The number of hydrogen-bond donors (Lipinski definition) is 0. The maximum Gasteiger partial charge on any atom is 0 e. The van der Waals surface area contributed by atoms with Crippen LogP contribution >= 0.6 is 0 Å². The maximum absolute atomic E-state index is 2.14. The van der Waals surface area contributed by atoms with E-state index in [4.69, 9.17) is 0 Å². The van der Waals surface area contributed by atoms with Gasteiger partial charge in [-0.3, -0.25) is 0 Å². The van der Waals surface area contributed by atoms with Gasteiger partial charge in [-0.1, -0.05) is 6.55 Å². The first kappa shape index (κ1) is 49.4. The molecule has 0 spiro atoms. The van der Waals surface area contributed by atoms with Crippen molar-refractivity contribution in [2.24, 2.45) is 0 Å². The average molecular weight is 492 g/mol. The predicted octanol–water partition coefficient (Wildman–Crippen LogP) is -0.613. The van der Waals surface area contributed by atoms with E-state index in [0.29, 0.717) is 0 Å². The molecule has 0 aliphatic heterocycles. The first-order chi connectivity index (χ1) is 1.00. The minimum absolute atomic E-state index is 0. The zero-order valence-corrected chi connectivity index (χ0v) is 14.2. The summed E-state index contributed by atoms with van der Waals surface area (Å²) in [5.74, 6) is 0. The molecule has 0 aliphatic carbocycles. The van der Waals surface area contributed by atoms with Crippen LogP contribution in [0.2, 0.25) is 6.55 Å². The number of hydrogen-bond acceptors (Lipinski definition) is 0. The SMILES string of the molecule is C[SiH3].[Cr].[Fe].[Mo].[Ni].[W]. The first-order valence-corrected chi connectivity index (χ1v) is 3.00. The van der Waals surface area contributed by atoms with Crippen molar-refractivity contribution < 1.29 is 93.1 Å². The Labute approximate surface area is 108 Å². The van der Waals surface area contributed by atoms with Crippen LogP contribution in [0.5, 0.6) is 0 Å². The van der Waals surface area contributed by atoms with Crippen LogP contribution in [0.1, 0.15) is 0 Å². The maximum atomic E-state index is 2.14. The van der Waals surface area contributed by atoms with Gasteiger partial charge >= 0.3 is 0 Å². The molecular formula is CH6CrFeMoNiSiW. The third-order valence-corrected chi connectivity index (χ3v) is 0. The summed E-state index contributed by atoms with van der Waals surface area (Å²) in [6, 6.07) is 0. The summed E-state index contributed by atoms with van der Waals surface area (Å²) in [5.41, 5.74) is 0. The molecule has 0 bridgehead atoms. The molecule has 0 amide bonds. The van der Waals surface area contributed by atoms with Crippen molar-refractivity contribution in [1.29, 1.82) is 0 Å². The van der Waals surface area contributed by atoms with E-state index in [1.807, 2.05) is 0 Å². The van der Waals surface area contributed by atoms with Gasteiger partial charge < -0.3 is 0 Å². The van der Waals surface area contributed by atoms with Crippen molar-refractivity contribution in [1.82, 2.24) is 0 Å².